The van der Waals surface area contributed by atoms with Crippen LogP contribution in [0.2, 0.25) is 10.0 Å². The first-order valence-electron chi connectivity index (χ1n) is 15.6. The van der Waals surface area contributed by atoms with E-state index in [0.717, 1.165) is 9.87 Å². The van der Waals surface area contributed by atoms with E-state index in [2.05, 4.69) is 5.32 Å². The summed E-state index contributed by atoms with van der Waals surface area (Å²) in [6, 6.07) is 36.8. The van der Waals surface area contributed by atoms with E-state index in [4.69, 9.17) is 27.9 Å². The van der Waals surface area contributed by atoms with Gasteiger partial charge in [0.2, 0.25) is 11.8 Å². The number of anilines is 1. The molecule has 5 rings (SSSR count). The normalized spacial score (nSPS) is 11.7. The molecule has 0 aliphatic rings. The predicted molar refractivity (Wildman–Crippen MR) is 194 cm³/mol. The molecule has 0 aromatic heterocycles. The van der Waals surface area contributed by atoms with Crippen LogP contribution in [0.15, 0.2) is 138 Å². The largest absolute Gasteiger partial charge is 0.457 e. The molecule has 1 N–H and O–H groups in total. The van der Waals surface area contributed by atoms with Crippen molar-refractivity contribution in [3.8, 4) is 11.5 Å². The zero-order chi connectivity index (χ0) is 34.8. The van der Waals surface area contributed by atoms with Crippen molar-refractivity contribution >= 4 is 50.7 Å². The van der Waals surface area contributed by atoms with Gasteiger partial charge in [0.15, 0.2) is 0 Å². The van der Waals surface area contributed by atoms with Crippen molar-refractivity contribution in [2.45, 2.75) is 30.8 Å². The van der Waals surface area contributed by atoms with Crippen molar-refractivity contribution in [1.82, 2.24) is 10.2 Å². The highest BCUT2D eigenvalue weighted by atomic mass is 35.5. The van der Waals surface area contributed by atoms with E-state index in [9.17, 15) is 18.0 Å². The summed E-state index contributed by atoms with van der Waals surface area (Å²) in [5.41, 5.74) is 1.68. The molecule has 0 fully saturated rings. The number of likely N-dealkylation sites (N-methyl/N-ethyl adjacent to an activating group) is 1. The maximum atomic E-state index is 14.6. The van der Waals surface area contributed by atoms with Crippen LogP contribution in [0.1, 0.15) is 18.1 Å². The highest BCUT2D eigenvalue weighted by Gasteiger charge is 2.34. The lowest BCUT2D eigenvalue weighted by Crippen LogP contribution is -2.53. The van der Waals surface area contributed by atoms with Gasteiger partial charge in [-0.1, -0.05) is 96.0 Å². The molecule has 0 bridgehead atoms. The molecule has 1 unspecified atom stereocenters. The number of carbonyl (C=O) groups is 2. The van der Waals surface area contributed by atoms with E-state index < -0.39 is 28.5 Å². The zero-order valence-electron chi connectivity index (χ0n) is 26.7. The van der Waals surface area contributed by atoms with Crippen LogP contribution in [0.3, 0.4) is 0 Å². The summed E-state index contributed by atoms with van der Waals surface area (Å²) in [6.07, 6.45) is 0.191. The predicted octanol–water partition coefficient (Wildman–Crippen LogP) is 7.76. The van der Waals surface area contributed by atoms with Crippen molar-refractivity contribution in [2.24, 2.45) is 0 Å². The van der Waals surface area contributed by atoms with E-state index in [1.165, 1.54) is 17.0 Å². The lowest BCUT2D eigenvalue weighted by molar-refractivity contribution is -0.140. The molecule has 5 aromatic carbocycles. The van der Waals surface area contributed by atoms with Gasteiger partial charge in [0.05, 0.1) is 20.6 Å². The van der Waals surface area contributed by atoms with E-state index in [1.54, 1.807) is 67.6 Å². The summed E-state index contributed by atoms with van der Waals surface area (Å²) < 4.78 is 35.4. The molecule has 0 radical (unpaired) electrons. The van der Waals surface area contributed by atoms with Crippen molar-refractivity contribution in [3.63, 3.8) is 0 Å². The second-order valence-corrected chi connectivity index (χ2v) is 13.8. The molecule has 0 saturated heterocycles. The molecule has 0 aliphatic carbocycles. The molecule has 1 atom stereocenters. The summed E-state index contributed by atoms with van der Waals surface area (Å²) in [5.74, 6) is 0.132. The molecule has 5 aromatic rings. The molecule has 252 valence electrons. The number of benzene rings is 5. The zero-order valence-corrected chi connectivity index (χ0v) is 29.0. The summed E-state index contributed by atoms with van der Waals surface area (Å²) in [5, 5.41) is 3.48. The highest BCUT2D eigenvalue weighted by molar-refractivity contribution is 7.92. The standard InChI is InChI=1S/C38H35Cl2N3O5S/c1-2-41-38(45)36(25-28-12-6-3-7-13-28)42(26-29-18-23-34(39)35(40)24-29)37(44)27-43(49(46,47)33-16-10-5-11-17-33)30-19-21-32(22-20-30)48-31-14-8-4-9-15-31/h3-24,36H,2,25-27H2,1H3,(H,41,45). The Morgan fingerprint density at radius 2 is 1.33 bits per heavy atom. The number of para-hydroxylation sites is 1. The van der Waals surface area contributed by atoms with E-state index in [-0.39, 0.29) is 34.5 Å². The van der Waals surface area contributed by atoms with Crippen molar-refractivity contribution < 1.29 is 22.7 Å². The summed E-state index contributed by atoms with van der Waals surface area (Å²) in [6.45, 7) is 1.50. The number of amides is 2. The number of halogens is 2. The fraction of sp³-hybridized carbons (Fsp3) is 0.158. The fourth-order valence-electron chi connectivity index (χ4n) is 5.23. The topological polar surface area (TPSA) is 96.0 Å². The Bertz CT molecular complexity index is 1960. The number of rotatable bonds is 14. The van der Waals surface area contributed by atoms with Gasteiger partial charge in [-0.2, -0.15) is 0 Å². The molecule has 0 aliphatic heterocycles. The Morgan fingerprint density at radius 1 is 0.735 bits per heavy atom. The van der Waals surface area contributed by atoms with Gasteiger partial charge in [0, 0.05) is 19.5 Å². The minimum Gasteiger partial charge on any atom is -0.457 e. The van der Waals surface area contributed by atoms with Crippen molar-refractivity contribution in [3.05, 3.63) is 155 Å². The molecule has 11 heteroatoms. The van der Waals surface area contributed by atoms with Crippen LogP contribution in [-0.4, -0.2) is 44.3 Å². The lowest BCUT2D eigenvalue weighted by Gasteiger charge is -2.34. The van der Waals surface area contributed by atoms with Crippen LogP contribution in [-0.2, 0) is 32.6 Å². The Balaban J connectivity index is 1.55. The maximum absolute atomic E-state index is 14.6. The number of sulfonamides is 1. The fourth-order valence-corrected chi connectivity index (χ4v) is 6.99. The van der Waals surface area contributed by atoms with Crippen LogP contribution >= 0.6 is 23.2 Å². The number of hydrogen-bond acceptors (Lipinski definition) is 5. The Labute approximate surface area is 296 Å². The number of nitrogens with one attached hydrogen (secondary N) is 1. The van der Waals surface area contributed by atoms with Gasteiger partial charge in [-0.05, 0) is 78.7 Å². The van der Waals surface area contributed by atoms with Crippen molar-refractivity contribution in [2.75, 3.05) is 17.4 Å². The van der Waals surface area contributed by atoms with Crippen molar-refractivity contribution in [1.29, 1.82) is 0 Å². The second-order valence-electron chi connectivity index (χ2n) is 11.1. The van der Waals surface area contributed by atoms with E-state index in [0.29, 0.717) is 28.6 Å². The van der Waals surface area contributed by atoms with Gasteiger partial charge < -0.3 is 15.0 Å². The van der Waals surface area contributed by atoms with Gasteiger partial charge in [0.1, 0.15) is 24.1 Å². The average Bonchev–Trinajstić information content (AvgIpc) is 3.12. The number of nitrogens with zero attached hydrogens (tertiary/aromatic N) is 2. The molecule has 0 heterocycles. The van der Waals surface area contributed by atoms with Crippen LogP contribution < -0.4 is 14.4 Å². The number of hydrogen-bond donors (Lipinski definition) is 1. The van der Waals surface area contributed by atoms with Crippen LogP contribution in [0.5, 0.6) is 11.5 Å². The van der Waals surface area contributed by atoms with E-state index in [1.807, 2.05) is 60.7 Å². The first kappa shape index (κ1) is 35.5. The lowest BCUT2D eigenvalue weighted by atomic mass is 10.0. The highest BCUT2D eigenvalue weighted by Crippen LogP contribution is 2.29. The van der Waals surface area contributed by atoms with Crippen LogP contribution in [0.25, 0.3) is 0 Å². The minimum atomic E-state index is -4.25. The van der Waals surface area contributed by atoms with E-state index >= 15 is 0 Å². The Hall–Kier alpha value is -4.83. The quantitative estimate of drug-likeness (QED) is 0.127. The SMILES string of the molecule is CCNC(=O)C(Cc1ccccc1)N(Cc1ccc(Cl)c(Cl)c1)C(=O)CN(c1ccc(Oc2ccccc2)cc1)S(=O)(=O)c1ccccc1. The first-order chi connectivity index (χ1) is 23.7. The van der Waals surface area contributed by atoms with Gasteiger partial charge in [0.25, 0.3) is 10.0 Å². The summed E-state index contributed by atoms with van der Waals surface area (Å²) in [7, 11) is -4.25. The van der Waals surface area contributed by atoms with Gasteiger partial charge in [-0.3, -0.25) is 13.9 Å². The molecular formula is C38H35Cl2N3O5S. The van der Waals surface area contributed by atoms with Gasteiger partial charge in [-0.15, -0.1) is 0 Å². The second kappa shape index (κ2) is 16.5. The molecular weight excluding hydrogens is 681 g/mol. The third-order valence-electron chi connectivity index (χ3n) is 7.67. The first-order valence-corrected chi connectivity index (χ1v) is 17.8. The maximum Gasteiger partial charge on any atom is 0.264 e. The number of ether oxygens (including phenoxy) is 1. The summed E-state index contributed by atoms with van der Waals surface area (Å²) >= 11 is 12.5. The average molecular weight is 717 g/mol. The molecule has 8 nitrogen and oxygen atoms in total. The molecule has 2 amide bonds. The number of carbonyl (C=O) groups excluding carboxylic acids is 2. The van der Waals surface area contributed by atoms with Crippen LogP contribution in [0.4, 0.5) is 5.69 Å². The smallest absolute Gasteiger partial charge is 0.264 e. The van der Waals surface area contributed by atoms with Gasteiger partial charge in [-0.25, -0.2) is 8.42 Å². The molecule has 0 saturated carbocycles. The Kier molecular flexibility index (Phi) is 12.0. The monoisotopic (exact) mass is 715 g/mol. The third-order valence-corrected chi connectivity index (χ3v) is 10.2. The van der Waals surface area contributed by atoms with Crippen LogP contribution in [0, 0.1) is 0 Å². The minimum absolute atomic E-state index is 0.00741. The molecule has 49 heavy (non-hydrogen) atoms. The van der Waals surface area contributed by atoms with Gasteiger partial charge >= 0.3 is 0 Å². The summed E-state index contributed by atoms with van der Waals surface area (Å²) in [4.78, 5) is 29.6. The third kappa shape index (κ3) is 9.20. The Morgan fingerprint density at radius 3 is 1.94 bits per heavy atom. The molecule has 0 spiro atoms.